The molecule has 0 spiro atoms. The normalized spacial score (nSPS) is 18.1. The van der Waals surface area contributed by atoms with Gasteiger partial charge in [0.15, 0.2) is 9.84 Å². The first-order chi connectivity index (χ1) is 15.0. The first-order valence-corrected chi connectivity index (χ1v) is 13.4. The van der Waals surface area contributed by atoms with E-state index in [2.05, 4.69) is 4.72 Å². The lowest BCUT2D eigenvalue weighted by Crippen LogP contribution is -2.48. The molecule has 2 unspecified atom stereocenters. The Labute approximate surface area is 188 Å². The zero-order valence-corrected chi connectivity index (χ0v) is 19.6. The number of amides is 1. The first-order valence-electron chi connectivity index (χ1n) is 10.4. The maximum absolute atomic E-state index is 13.5. The van der Waals surface area contributed by atoms with Crippen molar-refractivity contribution in [2.24, 2.45) is 5.92 Å². The second-order valence-electron chi connectivity index (χ2n) is 8.31. The molecule has 174 valence electrons. The van der Waals surface area contributed by atoms with Crippen LogP contribution in [0.3, 0.4) is 0 Å². The number of sulfonamides is 1. The van der Waals surface area contributed by atoms with Crippen LogP contribution in [-0.2, 0) is 24.7 Å². The number of hydrogen-bond acceptors (Lipinski definition) is 5. The Morgan fingerprint density at radius 1 is 1.06 bits per heavy atom. The number of carbonyl (C=O) groups excluding carboxylic acids is 1. The van der Waals surface area contributed by atoms with Crippen LogP contribution < -0.4 is 4.72 Å². The molecule has 0 aliphatic carbocycles. The van der Waals surface area contributed by atoms with Crippen molar-refractivity contribution in [3.8, 4) is 0 Å². The molecule has 1 aliphatic heterocycles. The van der Waals surface area contributed by atoms with Crippen LogP contribution in [0.5, 0.6) is 0 Å². The van der Waals surface area contributed by atoms with E-state index in [9.17, 15) is 26.0 Å². The topological polar surface area (TPSA) is 101 Å². The predicted molar refractivity (Wildman–Crippen MR) is 119 cm³/mol. The van der Waals surface area contributed by atoms with Crippen LogP contribution in [0.4, 0.5) is 4.39 Å². The second-order valence-corrected chi connectivity index (χ2v) is 12.3. The van der Waals surface area contributed by atoms with Gasteiger partial charge < -0.3 is 4.90 Å². The average Bonchev–Trinajstić information content (AvgIpc) is 3.24. The number of sulfone groups is 1. The quantitative estimate of drug-likeness (QED) is 0.623. The molecule has 2 aromatic rings. The Bertz CT molecular complexity index is 1170. The summed E-state index contributed by atoms with van der Waals surface area (Å²) in [6.07, 6.45) is 0.494. The van der Waals surface area contributed by atoms with Gasteiger partial charge in [-0.3, -0.25) is 4.79 Å². The lowest BCUT2D eigenvalue weighted by molar-refractivity contribution is -0.132. The van der Waals surface area contributed by atoms with Crippen LogP contribution in [0.15, 0.2) is 64.4 Å². The van der Waals surface area contributed by atoms with E-state index in [1.165, 1.54) is 29.2 Å². The molecule has 1 fully saturated rings. The molecule has 2 atom stereocenters. The highest BCUT2D eigenvalue weighted by molar-refractivity contribution is 7.92. The number of likely N-dealkylation sites (tertiary alicyclic amines) is 1. The molecule has 1 N–H and O–H groups in total. The lowest BCUT2D eigenvalue weighted by Gasteiger charge is -2.25. The van der Waals surface area contributed by atoms with Crippen molar-refractivity contribution in [3.63, 3.8) is 0 Å². The summed E-state index contributed by atoms with van der Waals surface area (Å²) in [5.41, 5.74) is 0. The van der Waals surface area contributed by atoms with E-state index in [1.807, 2.05) is 13.8 Å². The predicted octanol–water partition coefficient (Wildman–Crippen LogP) is 2.59. The number of carbonyl (C=O) groups is 1. The van der Waals surface area contributed by atoms with Gasteiger partial charge in [-0.2, -0.15) is 4.72 Å². The van der Waals surface area contributed by atoms with Gasteiger partial charge in [0.1, 0.15) is 11.9 Å². The van der Waals surface area contributed by atoms with Crippen LogP contribution in [0.25, 0.3) is 0 Å². The van der Waals surface area contributed by atoms with Crippen molar-refractivity contribution in [2.45, 2.75) is 47.8 Å². The molecule has 1 aliphatic rings. The molecule has 32 heavy (non-hydrogen) atoms. The third-order valence-electron chi connectivity index (χ3n) is 5.38. The van der Waals surface area contributed by atoms with Crippen LogP contribution in [-0.4, -0.2) is 52.0 Å². The summed E-state index contributed by atoms with van der Waals surface area (Å²) in [7, 11) is -7.75. The molecule has 1 saturated heterocycles. The molecule has 0 saturated carbocycles. The van der Waals surface area contributed by atoms with Crippen molar-refractivity contribution in [3.05, 3.63) is 60.4 Å². The van der Waals surface area contributed by atoms with E-state index in [0.717, 1.165) is 12.1 Å². The molecular formula is C22H27FN2O5S2. The van der Waals surface area contributed by atoms with Crippen molar-refractivity contribution in [1.82, 2.24) is 9.62 Å². The summed E-state index contributed by atoms with van der Waals surface area (Å²) >= 11 is 0. The molecule has 7 nitrogen and oxygen atoms in total. The monoisotopic (exact) mass is 482 g/mol. The summed E-state index contributed by atoms with van der Waals surface area (Å²) in [5.74, 6) is -1.19. The van der Waals surface area contributed by atoms with E-state index in [1.54, 1.807) is 18.2 Å². The average molecular weight is 483 g/mol. The molecule has 0 bridgehead atoms. The second kappa shape index (κ2) is 9.68. The summed E-state index contributed by atoms with van der Waals surface area (Å²) in [6, 6.07) is 11.5. The number of benzene rings is 2. The standard InChI is InChI=1S/C22H27FN2O5S2/c1-16(2)13-21(24-32(29,30)19-10-6-7-17(23)14-19)22(26)25-12-11-20(15-25)31(27,28)18-8-4-3-5-9-18/h3-10,14,16,20-21,24H,11-13,15H2,1-2H3. The fourth-order valence-corrected chi connectivity index (χ4v) is 6.71. The fourth-order valence-electron chi connectivity index (χ4n) is 3.76. The van der Waals surface area contributed by atoms with Gasteiger partial charge in [-0.25, -0.2) is 21.2 Å². The molecule has 0 radical (unpaired) electrons. The number of nitrogens with one attached hydrogen (secondary N) is 1. The van der Waals surface area contributed by atoms with Crippen molar-refractivity contribution in [1.29, 1.82) is 0 Å². The van der Waals surface area contributed by atoms with E-state index in [4.69, 9.17) is 0 Å². The van der Waals surface area contributed by atoms with Crippen LogP contribution in [0.2, 0.25) is 0 Å². The minimum absolute atomic E-state index is 0.00759. The third kappa shape index (κ3) is 5.54. The Morgan fingerprint density at radius 3 is 2.34 bits per heavy atom. The fraction of sp³-hybridized carbons (Fsp3) is 0.409. The molecule has 2 aromatic carbocycles. The van der Waals surface area contributed by atoms with Crippen molar-refractivity contribution < 1.29 is 26.0 Å². The summed E-state index contributed by atoms with van der Waals surface area (Å²) in [6.45, 7) is 3.91. The Hall–Kier alpha value is -2.30. The van der Waals surface area contributed by atoms with E-state index in [-0.39, 0.29) is 41.6 Å². The van der Waals surface area contributed by atoms with Gasteiger partial charge in [-0.15, -0.1) is 0 Å². The van der Waals surface area contributed by atoms with E-state index >= 15 is 0 Å². The zero-order valence-electron chi connectivity index (χ0n) is 17.9. The Kier molecular flexibility index (Phi) is 7.36. The highest BCUT2D eigenvalue weighted by Crippen LogP contribution is 2.25. The number of halogens is 1. The highest BCUT2D eigenvalue weighted by atomic mass is 32.2. The van der Waals surface area contributed by atoms with Gasteiger partial charge in [0.05, 0.1) is 15.0 Å². The molecule has 10 heteroatoms. The minimum Gasteiger partial charge on any atom is -0.340 e. The summed E-state index contributed by atoms with van der Waals surface area (Å²) in [5, 5.41) is -0.756. The van der Waals surface area contributed by atoms with E-state index < -0.39 is 42.9 Å². The Balaban J connectivity index is 1.78. The molecule has 3 rings (SSSR count). The summed E-state index contributed by atoms with van der Waals surface area (Å²) in [4.78, 5) is 14.5. The SMILES string of the molecule is CC(C)CC(NS(=O)(=O)c1cccc(F)c1)C(=O)N1CCC(S(=O)(=O)c2ccccc2)C1. The lowest BCUT2D eigenvalue weighted by atomic mass is 10.0. The van der Waals surface area contributed by atoms with Gasteiger partial charge >= 0.3 is 0 Å². The van der Waals surface area contributed by atoms with Gasteiger partial charge in [0, 0.05) is 13.1 Å². The minimum atomic E-state index is -4.14. The van der Waals surface area contributed by atoms with E-state index in [0.29, 0.717) is 0 Å². The van der Waals surface area contributed by atoms with Crippen LogP contribution in [0, 0.1) is 11.7 Å². The molecule has 0 aromatic heterocycles. The van der Waals surface area contributed by atoms with Crippen molar-refractivity contribution in [2.75, 3.05) is 13.1 Å². The largest absolute Gasteiger partial charge is 0.340 e. The van der Waals surface area contributed by atoms with Gasteiger partial charge in [-0.1, -0.05) is 38.1 Å². The third-order valence-corrected chi connectivity index (χ3v) is 9.04. The maximum atomic E-state index is 13.5. The first kappa shape index (κ1) is 24.3. The number of rotatable bonds is 8. The summed E-state index contributed by atoms with van der Waals surface area (Å²) < 4.78 is 67.3. The van der Waals surface area contributed by atoms with Gasteiger partial charge in [0.2, 0.25) is 15.9 Å². The zero-order chi connectivity index (χ0) is 23.5. The number of nitrogens with zero attached hydrogens (tertiary/aromatic N) is 1. The van der Waals surface area contributed by atoms with Gasteiger partial charge in [0.25, 0.3) is 0 Å². The Morgan fingerprint density at radius 2 is 1.72 bits per heavy atom. The highest BCUT2D eigenvalue weighted by Gasteiger charge is 2.39. The van der Waals surface area contributed by atoms with Crippen LogP contribution >= 0.6 is 0 Å². The van der Waals surface area contributed by atoms with Crippen molar-refractivity contribution >= 4 is 25.8 Å². The van der Waals surface area contributed by atoms with Crippen LogP contribution in [0.1, 0.15) is 26.7 Å². The molecule has 1 heterocycles. The smallest absolute Gasteiger partial charge is 0.241 e. The maximum Gasteiger partial charge on any atom is 0.241 e. The molecular weight excluding hydrogens is 455 g/mol. The molecule has 1 amide bonds. The number of hydrogen-bond donors (Lipinski definition) is 1. The van der Waals surface area contributed by atoms with Gasteiger partial charge in [-0.05, 0) is 49.1 Å².